The molecule has 16 heavy (non-hydrogen) atoms. The highest BCUT2D eigenvalue weighted by molar-refractivity contribution is 7.10. The highest BCUT2D eigenvalue weighted by Gasteiger charge is 2.24. The summed E-state index contributed by atoms with van der Waals surface area (Å²) < 4.78 is 0. The van der Waals surface area contributed by atoms with Crippen molar-refractivity contribution in [3.63, 3.8) is 0 Å². The zero-order chi connectivity index (χ0) is 11.4. The minimum absolute atomic E-state index is 0.435. The van der Waals surface area contributed by atoms with Crippen LogP contribution in [0.5, 0.6) is 0 Å². The first kappa shape index (κ1) is 10.8. The number of terminal acetylenes is 1. The fraction of sp³-hybridized carbons (Fsp3) is 0.143. The number of rotatable bonds is 3. The van der Waals surface area contributed by atoms with Gasteiger partial charge in [-0.25, -0.2) is 0 Å². The molecule has 1 aromatic heterocycles. The molecule has 0 saturated carbocycles. The maximum atomic E-state index is 5.64. The van der Waals surface area contributed by atoms with Crippen LogP contribution in [-0.4, -0.2) is 0 Å². The van der Waals surface area contributed by atoms with Gasteiger partial charge in [0.25, 0.3) is 0 Å². The van der Waals surface area contributed by atoms with Crippen molar-refractivity contribution in [1.82, 2.24) is 0 Å². The van der Waals surface area contributed by atoms with Gasteiger partial charge < -0.3 is 5.32 Å². The van der Waals surface area contributed by atoms with Crippen LogP contribution in [0.1, 0.15) is 11.8 Å². The molecular formula is C14H13NS. The summed E-state index contributed by atoms with van der Waals surface area (Å²) in [5.41, 5.74) is 0.603. The van der Waals surface area contributed by atoms with Crippen LogP contribution in [0.4, 0.5) is 5.69 Å². The van der Waals surface area contributed by atoms with Gasteiger partial charge in [-0.1, -0.05) is 30.2 Å². The Kier molecular flexibility index (Phi) is 2.98. The van der Waals surface area contributed by atoms with Crippen LogP contribution >= 0.6 is 11.3 Å². The molecule has 2 heteroatoms. The van der Waals surface area contributed by atoms with E-state index in [1.807, 2.05) is 48.7 Å². The van der Waals surface area contributed by atoms with Crippen LogP contribution in [0.25, 0.3) is 0 Å². The molecule has 80 valence electrons. The molecule has 1 N–H and O–H groups in total. The van der Waals surface area contributed by atoms with Gasteiger partial charge in [0.15, 0.2) is 0 Å². The third kappa shape index (κ3) is 2.10. The summed E-state index contributed by atoms with van der Waals surface area (Å²) in [7, 11) is 0. The van der Waals surface area contributed by atoms with Crippen LogP contribution < -0.4 is 5.32 Å². The largest absolute Gasteiger partial charge is 0.365 e. The van der Waals surface area contributed by atoms with Crippen LogP contribution in [0.15, 0.2) is 47.8 Å². The molecule has 1 unspecified atom stereocenters. The molecule has 1 nitrogen and oxygen atoms in total. The molecule has 0 aliphatic carbocycles. The maximum absolute atomic E-state index is 5.64. The lowest BCUT2D eigenvalue weighted by Crippen LogP contribution is -2.28. The number of anilines is 1. The number of nitrogens with one attached hydrogen (secondary N) is 1. The Morgan fingerprint density at radius 3 is 2.50 bits per heavy atom. The van der Waals surface area contributed by atoms with Gasteiger partial charge in [0.05, 0.1) is 0 Å². The van der Waals surface area contributed by atoms with Crippen molar-refractivity contribution in [3.05, 3.63) is 52.7 Å². The van der Waals surface area contributed by atoms with Gasteiger partial charge >= 0.3 is 0 Å². The van der Waals surface area contributed by atoms with Gasteiger partial charge in [0.1, 0.15) is 5.54 Å². The molecule has 1 aromatic carbocycles. The van der Waals surface area contributed by atoms with Crippen molar-refractivity contribution >= 4 is 17.0 Å². The Morgan fingerprint density at radius 1 is 1.19 bits per heavy atom. The van der Waals surface area contributed by atoms with E-state index < -0.39 is 5.54 Å². The molecule has 1 atom stereocenters. The molecule has 0 amide bonds. The predicted octanol–water partition coefficient (Wildman–Crippen LogP) is 3.71. The molecule has 0 aliphatic rings. The predicted molar refractivity (Wildman–Crippen MR) is 70.6 cm³/mol. The average molecular weight is 227 g/mol. The smallest absolute Gasteiger partial charge is 0.131 e. The highest BCUT2D eigenvalue weighted by atomic mass is 32.1. The van der Waals surface area contributed by atoms with E-state index in [1.54, 1.807) is 11.3 Å². The van der Waals surface area contributed by atoms with Gasteiger partial charge in [0.2, 0.25) is 0 Å². The second kappa shape index (κ2) is 4.42. The van der Waals surface area contributed by atoms with E-state index in [4.69, 9.17) is 6.42 Å². The van der Waals surface area contributed by atoms with Crippen LogP contribution in [0.3, 0.4) is 0 Å². The Hall–Kier alpha value is -1.72. The van der Waals surface area contributed by atoms with Crippen LogP contribution in [0, 0.1) is 12.3 Å². The lowest BCUT2D eigenvalue weighted by atomic mass is 10.0. The summed E-state index contributed by atoms with van der Waals surface area (Å²) in [5.74, 6) is 2.83. The van der Waals surface area contributed by atoms with Gasteiger partial charge in [-0.15, -0.1) is 17.8 Å². The Balaban J connectivity index is 2.28. The number of benzene rings is 1. The van der Waals surface area contributed by atoms with Gasteiger partial charge in [-0.2, -0.15) is 0 Å². The van der Waals surface area contributed by atoms with E-state index in [2.05, 4.69) is 17.3 Å². The second-order valence-electron chi connectivity index (χ2n) is 3.74. The SMILES string of the molecule is C#CC(C)(Nc1ccccc1)c1cccs1. The summed E-state index contributed by atoms with van der Waals surface area (Å²) in [6.07, 6.45) is 5.64. The minimum atomic E-state index is -0.435. The summed E-state index contributed by atoms with van der Waals surface area (Å²) in [6.45, 7) is 2.02. The van der Waals surface area contributed by atoms with Crippen molar-refractivity contribution in [2.24, 2.45) is 0 Å². The number of hydrogen-bond acceptors (Lipinski definition) is 2. The third-order valence-electron chi connectivity index (χ3n) is 2.47. The molecule has 0 spiro atoms. The fourth-order valence-corrected chi connectivity index (χ4v) is 2.35. The normalized spacial score (nSPS) is 13.8. The molecule has 1 heterocycles. The molecule has 2 aromatic rings. The van der Waals surface area contributed by atoms with E-state index in [0.717, 1.165) is 10.6 Å². The quantitative estimate of drug-likeness (QED) is 0.788. The van der Waals surface area contributed by atoms with E-state index in [9.17, 15) is 0 Å². The molecule has 0 bridgehead atoms. The standard InChI is InChI=1S/C14H13NS/c1-3-14(2,13-10-7-11-16-13)15-12-8-5-4-6-9-12/h1,4-11,15H,2H3. The Morgan fingerprint density at radius 2 is 1.94 bits per heavy atom. The summed E-state index contributed by atoms with van der Waals surface area (Å²) in [5, 5.41) is 5.42. The first-order valence-electron chi connectivity index (χ1n) is 5.09. The van der Waals surface area contributed by atoms with Gasteiger partial charge in [-0.3, -0.25) is 0 Å². The molecule has 0 aliphatic heterocycles. The Labute approximate surface area is 100 Å². The molecular weight excluding hydrogens is 214 g/mol. The average Bonchev–Trinajstić information content (AvgIpc) is 2.84. The van der Waals surface area contributed by atoms with Gasteiger partial charge in [0, 0.05) is 10.6 Å². The first-order valence-corrected chi connectivity index (χ1v) is 5.97. The monoisotopic (exact) mass is 227 g/mol. The highest BCUT2D eigenvalue weighted by Crippen LogP contribution is 2.28. The summed E-state index contributed by atoms with van der Waals surface area (Å²) in [4.78, 5) is 1.15. The van der Waals surface area contributed by atoms with Crippen molar-refractivity contribution in [2.45, 2.75) is 12.5 Å². The van der Waals surface area contributed by atoms with Crippen molar-refractivity contribution in [2.75, 3.05) is 5.32 Å². The van der Waals surface area contributed by atoms with Crippen LogP contribution in [-0.2, 0) is 5.54 Å². The van der Waals surface area contributed by atoms with Crippen molar-refractivity contribution in [1.29, 1.82) is 0 Å². The topological polar surface area (TPSA) is 12.0 Å². The third-order valence-corrected chi connectivity index (χ3v) is 3.56. The summed E-state index contributed by atoms with van der Waals surface area (Å²) in [6, 6.07) is 14.1. The van der Waals surface area contributed by atoms with Gasteiger partial charge in [-0.05, 0) is 30.5 Å². The number of para-hydroxylation sites is 1. The number of hydrogen-bond donors (Lipinski definition) is 1. The lowest BCUT2D eigenvalue weighted by Gasteiger charge is -2.25. The van der Waals surface area contributed by atoms with Crippen LogP contribution in [0.2, 0.25) is 0 Å². The Bertz CT molecular complexity index is 481. The lowest BCUT2D eigenvalue weighted by molar-refractivity contribution is 0.737. The van der Waals surface area contributed by atoms with E-state index in [0.29, 0.717) is 0 Å². The second-order valence-corrected chi connectivity index (χ2v) is 4.69. The zero-order valence-corrected chi connectivity index (χ0v) is 9.92. The zero-order valence-electron chi connectivity index (χ0n) is 9.10. The minimum Gasteiger partial charge on any atom is -0.365 e. The molecule has 0 fully saturated rings. The van der Waals surface area contributed by atoms with E-state index in [1.165, 1.54) is 0 Å². The molecule has 0 radical (unpaired) electrons. The summed E-state index contributed by atoms with van der Waals surface area (Å²) >= 11 is 1.67. The van der Waals surface area contributed by atoms with E-state index >= 15 is 0 Å². The maximum Gasteiger partial charge on any atom is 0.131 e. The van der Waals surface area contributed by atoms with Crippen molar-refractivity contribution in [3.8, 4) is 12.3 Å². The first-order chi connectivity index (χ1) is 7.74. The van der Waals surface area contributed by atoms with Crippen molar-refractivity contribution < 1.29 is 0 Å². The molecule has 2 rings (SSSR count). The number of thiophene rings is 1. The fourth-order valence-electron chi connectivity index (χ4n) is 1.54. The molecule has 0 saturated heterocycles. The van der Waals surface area contributed by atoms with E-state index in [-0.39, 0.29) is 0 Å².